The lowest BCUT2D eigenvalue weighted by Crippen LogP contribution is -2.50. The maximum Gasteiger partial charge on any atom is 0.262 e. The Balaban J connectivity index is 1.35. The predicted molar refractivity (Wildman–Crippen MR) is 149 cm³/mol. The minimum absolute atomic E-state index is 0.0173. The van der Waals surface area contributed by atoms with Gasteiger partial charge in [-0.1, -0.05) is 59.8 Å². The number of hydrogen-bond donors (Lipinski definition) is 2. The number of pyridine rings is 1. The van der Waals surface area contributed by atoms with E-state index >= 15 is 0 Å². The summed E-state index contributed by atoms with van der Waals surface area (Å²) in [5.41, 5.74) is 1.34. The number of fused-ring (bicyclic) bond motifs is 1. The number of carbonyl (C=O) groups excluding carboxylic acids is 1. The van der Waals surface area contributed by atoms with Crippen molar-refractivity contribution in [3.63, 3.8) is 0 Å². The number of aromatic nitrogens is 1. The van der Waals surface area contributed by atoms with Crippen LogP contribution in [0.25, 0.3) is 0 Å². The molecule has 0 bridgehead atoms. The normalized spacial score (nSPS) is 20.9. The molecule has 0 saturated carbocycles. The first-order valence-electron chi connectivity index (χ1n) is 12.1. The first-order valence-corrected chi connectivity index (χ1v) is 14.2. The van der Waals surface area contributed by atoms with Crippen LogP contribution < -0.4 is 14.8 Å². The molecule has 0 radical (unpaired) electrons. The Morgan fingerprint density at radius 3 is 2.76 bits per heavy atom. The van der Waals surface area contributed by atoms with Crippen molar-refractivity contribution >= 4 is 40.6 Å². The summed E-state index contributed by atoms with van der Waals surface area (Å²) in [5.74, 6) is 0.841. The Kier molecular flexibility index (Phi) is 6.78. The molecule has 9 heteroatoms. The van der Waals surface area contributed by atoms with Crippen LogP contribution in [0.4, 0.5) is 0 Å². The van der Waals surface area contributed by atoms with Gasteiger partial charge in [0.15, 0.2) is 0 Å². The number of amides is 1. The summed E-state index contributed by atoms with van der Waals surface area (Å²) in [6.45, 7) is 0.556. The minimum atomic E-state index is -1.06. The van der Waals surface area contributed by atoms with Crippen LogP contribution in [-0.2, 0) is 10.3 Å². The number of aliphatic hydroxyl groups is 1. The SMILES string of the molecule is O=C1NC(c2ccsc2)(c2cccc(OC3CCOc4ccccc43)n2)CC(O)=C1Sc1ccccc1Cl. The number of carbonyl (C=O) groups is 1. The monoisotopic (exact) mass is 562 g/mol. The molecule has 0 fully saturated rings. The van der Waals surface area contributed by atoms with Gasteiger partial charge in [0.25, 0.3) is 5.91 Å². The number of rotatable bonds is 6. The number of aliphatic hydroxyl groups excluding tert-OH is 1. The van der Waals surface area contributed by atoms with Crippen LogP contribution in [0.3, 0.4) is 0 Å². The quantitative estimate of drug-likeness (QED) is 0.263. The van der Waals surface area contributed by atoms with E-state index in [1.54, 1.807) is 6.07 Å². The molecule has 2 aliphatic heterocycles. The summed E-state index contributed by atoms with van der Waals surface area (Å²) < 4.78 is 12.1. The Hall–Kier alpha value is -3.46. The van der Waals surface area contributed by atoms with Crippen molar-refractivity contribution in [3.8, 4) is 11.6 Å². The molecule has 4 heterocycles. The first-order chi connectivity index (χ1) is 18.5. The zero-order valence-electron chi connectivity index (χ0n) is 20.1. The molecule has 2 aliphatic rings. The number of ether oxygens (including phenoxy) is 2. The van der Waals surface area contributed by atoms with E-state index in [2.05, 4.69) is 5.32 Å². The van der Waals surface area contributed by atoms with Crippen LogP contribution in [0.2, 0.25) is 5.02 Å². The summed E-state index contributed by atoms with van der Waals surface area (Å²) in [6, 6.07) is 22.5. The highest BCUT2D eigenvalue weighted by Gasteiger charge is 2.44. The molecule has 6 rings (SSSR count). The van der Waals surface area contributed by atoms with Crippen LogP contribution in [0.15, 0.2) is 99.1 Å². The van der Waals surface area contributed by atoms with Gasteiger partial charge in [0.1, 0.15) is 28.1 Å². The second kappa shape index (κ2) is 10.4. The number of para-hydroxylation sites is 1. The van der Waals surface area contributed by atoms with Gasteiger partial charge in [0.2, 0.25) is 5.88 Å². The van der Waals surface area contributed by atoms with Gasteiger partial charge in [-0.2, -0.15) is 11.3 Å². The third kappa shape index (κ3) is 4.64. The van der Waals surface area contributed by atoms with E-state index in [-0.39, 0.29) is 23.2 Å². The van der Waals surface area contributed by atoms with Crippen LogP contribution >= 0.6 is 34.7 Å². The van der Waals surface area contributed by atoms with Crippen molar-refractivity contribution < 1.29 is 19.4 Å². The smallest absolute Gasteiger partial charge is 0.262 e. The van der Waals surface area contributed by atoms with Crippen molar-refractivity contribution in [1.29, 1.82) is 0 Å². The van der Waals surface area contributed by atoms with Gasteiger partial charge < -0.3 is 19.9 Å². The van der Waals surface area contributed by atoms with Crippen LogP contribution in [0.5, 0.6) is 11.6 Å². The Bertz CT molecular complexity index is 1520. The number of hydrogen-bond acceptors (Lipinski definition) is 7. The molecule has 0 spiro atoms. The van der Waals surface area contributed by atoms with Gasteiger partial charge in [0, 0.05) is 29.4 Å². The first kappa shape index (κ1) is 24.9. The number of benzene rings is 2. The standard InChI is InChI=1S/C29H23ClN2O4S2/c30-20-7-2-4-9-24(20)38-27-21(33)16-29(32-28(27)34,18-13-15-37-17-18)25-10-5-11-26(31-25)36-23-12-14-35-22-8-3-1-6-19(22)23/h1-11,13,15,17,23,33H,12,14,16H2,(H,32,34). The second-order valence-corrected chi connectivity index (χ2v) is 11.2. The summed E-state index contributed by atoms with van der Waals surface area (Å²) in [6.07, 6.45) is 0.632. The molecule has 6 nitrogen and oxygen atoms in total. The predicted octanol–water partition coefficient (Wildman–Crippen LogP) is 7.02. The molecule has 2 aromatic heterocycles. The topological polar surface area (TPSA) is 80.7 Å². The highest BCUT2D eigenvalue weighted by atomic mass is 35.5. The molecular weight excluding hydrogens is 540 g/mol. The third-order valence-electron chi connectivity index (χ3n) is 6.62. The van der Waals surface area contributed by atoms with E-state index in [0.717, 1.165) is 28.6 Å². The summed E-state index contributed by atoms with van der Waals surface area (Å²) in [7, 11) is 0. The molecule has 2 aromatic carbocycles. The van der Waals surface area contributed by atoms with Crippen molar-refractivity contribution in [2.24, 2.45) is 0 Å². The van der Waals surface area contributed by atoms with Gasteiger partial charge in [-0.05, 0) is 46.7 Å². The van der Waals surface area contributed by atoms with Gasteiger partial charge in [-0.25, -0.2) is 4.98 Å². The Labute approximate surface area is 233 Å². The molecule has 2 N–H and O–H groups in total. The third-order valence-corrected chi connectivity index (χ3v) is 8.94. The molecule has 2 atom stereocenters. The Morgan fingerprint density at radius 2 is 1.95 bits per heavy atom. The fraction of sp³-hybridized carbons (Fsp3) is 0.172. The van der Waals surface area contributed by atoms with Crippen molar-refractivity contribution in [2.75, 3.05) is 6.61 Å². The second-order valence-electron chi connectivity index (χ2n) is 9.00. The zero-order valence-corrected chi connectivity index (χ0v) is 22.5. The van der Waals surface area contributed by atoms with Crippen molar-refractivity contribution in [1.82, 2.24) is 10.3 Å². The van der Waals surface area contributed by atoms with E-state index in [4.69, 9.17) is 26.1 Å². The molecule has 2 unspecified atom stereocenters. The molecular formula is C29H23ClN2O4S2. The molecule has 38 heavy (non-hydrogen) atoms. The Morgan fingerprint density at radius 1 is 1.11 bits per heavy atom. The highest BCUT2D eigenvalue weighted by molar-refractivity contribution is 8.04. The van der Waals surface area contributed by atoms with Crippen molar-refractivity contribution in [3.05, 3.63) is 116 Å². The van der Waals surface area contributed by atoms with Crippen LogP contribution in [0, 0.1) is 0 Å². The van der Waals surface area contributed by atoms with Gasteiger partial charge in [0.05, 0.1) is 17.3 Å². The summed E-state index contributed by atoms with van der Waals surface area (Å²) in [5, 5.41) is 18.8. The van der Waals surface area contributed by atoms with E-state index in [1.807, 2.05) is 77.5 Å². The molecule has 192 valence electrons. The van der Waals surface area contributed by atoms with E-state index in [1.165, 1.54) is 11.3 Å². The zero-order chi connectivity index (χ0) is 26.1. The lowest BCUT2D eigenvalue weighted by atomic mass is 9.82. The van der Waals surface area contributed by atoms with Gasteiger partial charge >= 0.3 is 0 Å². The number of halogens is 1. The molecule has 1 amide bonds. The summed E-state index contributed by atoms with van der Waals surface area (Å²) >= 11 is 8.98. The van der Waals surface area contributed by atoms with Gasteiger partial charge in [-0.15, -0.1) is 0 Å². The molecule has 4 aromatic rings. The molecule has 0 aliphatic carbocycles. The number of thioether (sulfide) groups is 1. The number of thiophene rings is 1. The highest BCUT2D eigenvalue weighted by Crippen LogP contribution is 2.44. The fourth-order valence-corrected chi connectivity index (χ4v) is 6.63. The lowest BCUT2D eigenvalue weighted by Gasteiger charge is -2.38. The van der Waals surface area contributed by atoms with E-state index < -0.39 is 11.4 Å². The van der Waals surface area contributed by atoms with Crippen LogP contribution in [0.1, 0.15) is 35.8 Å². The van der Waals surface area contributed by atoms with Gasteiger partial charge in [-0.3, -0.25) is 4.79 Å². The summed E-state index contributed by atoms with van der Waals surface area (Å²) in [4.78, 5) is 19.2. The largest absolute Gasteiger partial charge is 0.511 e. The maximum absolute atomic E-state index is 13.5. The minimum Gasteiger partial charge on any atom is -0.511 e. The average molecular weight is 563 g/mol. The fourth-order valence-electron chi connectivity index (χ4n) is 4.78. The van der Waals surface area contributed by atoms with Crippen molar-refractivity contribution in [2.45, 2.75) is 29.4 Å². The van der Waals surface area contributed by atoms with Crippen LogP contribution in [-0.4, -0.2) is 22.6 Å². The molecule has 0 saturated heterocycles. The number of nitrogens with zero attached hydrogens (tertiary/aromatic N) is 1. The maximum atomic E-state index is 13.5. The van der Waals surface area contributed by atoms with E-state index in [0.29, 0.717) is 34.5 Å². The van der Waals surface area contributed by atoms with E-state index in [9.17, 15) is 9.90 Å². The lowest BCUT2D eigenvalue weighted by molar-refractivity contribution is -0.119. The number of nitrogens with one attached hydrogen (secondary N) is 1. The average Bonchev–Trinajstić information content (AvgIpc) is 3.48.